The molecule has 13 nitrogen and oxygen atoms in total. The predicted molar refractivity (Wildman–Crippen MR) is 127 cm³/mol. The third kappa shape index (κ3) is 8.99. The van der Waals surface area contributed by atoms with E-state index in [0.717, 1.165) is 0 Å². The Hall–Kier alpha value is -1.04. The van der Waals surface area contributed by atoms with E-state index in [4.69, 9.17) is 56.8 Å². The molecular formula is C24H43FO13. The molecule has 2 rings (SSSR count). The Morgan fingerprint density at radius 1 is 0.632 bits per heavy atom. The van der Waals surface area contributed by atoms with E-state index in [1.807, 2.05) is 0 Å². The van der Waals surface area contributed by atoms with Crippen molar-refractivity contribution in [3.63, 3.8) is 0 Å². The summed E-state index contributed by atoms with van der Waals surface area (Å²) in [5, 5.41) is 0. The van der Waals surface area contributed by atoms with Gasteiger partial charge in [0.1, 0.15) is 55.4 Å². The molecule has 0 N–H and O–H groups in total. The van der Waals surface area contributed by atoms with E-state index in [2.05, 4.69) is 0 Å². The summed E-state index contributed by atoms with van der Waals surface area (Å²) in [5.41, 5.74) is 0. The van der Waals surface area contributed by atoms with Gasteiger partial charge < -0.3 is 56.8 Å². The zero-order valence-corrected chi connectivity index (χ0v) is 23.2. The first-order valence-corrected chi connectivity index (χ1v) is 12.4. The van der Waals surface area contributed by atoms with Crippen molar-refractivity contribution in [1.29, 1.82) is 0 Å². The number of rotatable bonds is 17. The largest absolute Gasteiger partial charge is 0.463 e. The van der Waals surface area contributed by atoms with E-state index < -0.39 is 67.4 Å². The Morgan fingerprint density at radius 3 is 1.63 bits per heavy atom. The van der Waals surface area contributed by atoms with E-state index in [-0.39, 0.29) is 39.6 Å². The standard InChI is InChI=1S/C24H43FO13/c1-14(26)33-8-9-35-22-20(32-7)18(30-5)16(13-28-3)38-24(22)36-11-10-34-21-19(31-6)17(29-4)15(12-27-2)37-23(21)25/h15-24H,8-13H2,1-7H3/t15-,16-,17-,18-,19+,20+,21-,22-,23-,24+/m1/s1. The maximum atomic E-state index is 14.9. The highest BCUT2D eigenvalue weighted by Gasteiger charge is 2.49. The van der Waals surface area contributed by atoms with Crippen LogP contribution in [0, 0.1) is 0 Å². The highest BCUT2D eigenvalue weighted by molar-refractivity contribution is 5.65. The number of ether oxygens (including phenoxy) is 12. The van der Waals surface area contributed by atoms with Crippen LogP contribution in [0.2, 0.25) is 0 Å². The average molecular weight is 559 g/mol. The first-order valence-electron chi connectivity index (χ1n) is 12.4. The lowest BCUT2D eigenvalue weighted by Crippen LogP contribution is -2.61. The molecule has 0 aromatic rings. The number of carbonyl (C=O) groups is 1. The number of carbonyl (C=O) groups excluding carboxylic acids is 1. The minimum Gasteiger partial charge on any atom is -0.463 e. The summed E-state index contributed by atoms with van der Waals surface area (Å²) in [5.74, 6) is -0.423. The van der Waals surface area contributed by atoms with Gasteiger partial charge >= 0.3 is 5.97 Å². The van der Waals surface area contributed by atoms with Gasteiger partial charge in [0.05, 0.1) is 33.0 Å². The molecule has 0 unspecified atom stereocenters. The number of hydrogen-bond acceptors (Lipinski definition) is 13. The maximum absolute atomic E-state index is 14.9. The Morgan fingerprint density at radius 2 is 1.11 bits per heavy atom. The first-order chi connectivity index (χ1) is 18.4. The second-order valence-electron chi connectivity index (χ2n) is 8.66. The van der Waals surface area contributed by atoms with Crippen molar-refractivity contribution in [1.82, 2.24) is 0 Å². The van der Waals surface area contributed by atoms with Crippen LogP contribution in [-0.2, 0) is 61.6 Å². The number of methoxy groups -OCH3 is 6. The monoisotopic (exact) mass is 558 g/mol. The molecule has 0 spiro atoms. The van der Waals surface area contributed by atoms with E-state index in [1.165, 1.54) is 42.5 Å². The molecule has 0 bridgehead atoms. The molecule has 14 heteroatoms. The van der Waals surface area contributed by atoms with Crippen molar-refractivity contribution >= 4 is 5.97 Å². The van der Waals surface area contributed by atoms with Gasteiger partial charge in [-0.15, -0.1) is 0 Å². The van der Waals surface area contributed by atoms with Crippen LogP contribution in [0.1, 0.15) is 6.92 Å². The summed E-state index contributed by atoms with van der Waals surface area (Å²) in [6.45, 7) is 1.78. The minimum atomic E-state index is -1.76. The summed E-state index contributed by atoms with van der Waals surface area (Å²) < 4.78 is 81.6. The molecule has 2 aliphatic rings. The molecule has 0 aromatic carbocycles. The van der Waals surface area contributed by atoms with Gasteiger partial charge in [0.25, 0.3) is 0 Å². The number of hydrogen-bond donors (Lipinski definition) is 0. The third-order valence-corrected chi connectivity index (χ3v) is 6.29. The number of esters is 1. The van der Waals surface area contributed by atoms with Gasteiger partial charge in [0.15, 0.2) is 6.29 Å². The number of halogens is 1. The van der Waals surface area contributed by atoms with Crippen LogP contribution in [0.4, 0.5) is 4.39 Å². The summed E-state index contributed by atoms with van der Waals surface area (Å²) >= 11 is 0. The molecular weight excluding hydrogens is 515 g/mol. The highest BCUT2D eigenvalue weighted by Crippen LogP contribution is 2.30. The Bertz CT molecular complexity index is 659. The molecule has 2 fully saturated rings. The van der Waals surface area contributed by atoms with E-state index in [0.29, 0.717) is 0 Å². The fraction of sp³-hybridized carbons (Fsp3) is 0.958. The molecule has 0 aliphatic carbocycles. The van der Waals surface area contributed by atoms with Crippen LogP contribution in [0.25, 0.3) is 0 Å². The van der Waals surface area contributed by atoms with Crippen molar-refractivity contribution in [3.05, 3.63) is 0 Å². The molecule has 0 saturated carbocycles. The fourth-order valence-electron chi connectivity index (χ4n) is 4.65. The fourth-order valence-corrected chi connectivity index (χ4v) is 4.65. The number of alkyl halides is 1. The quantitative estimate of drug-likeness (QED) is 0.177. The first kappa shape index (κ1) is 33.2. The van der Waals surface area contributed by atoms with Crippen LogP contribution < -0.4 is 0 Å². The SMILES string of the molecule is COC[C@H]1O[C@@H](F)[C@H](OCCO[C@H]2O[C@H](COC)[C@@H](OC)[C@H](OC)[C@H]2OCCOC(C)=O)[C@@H](OC)[C@@H]1OC. The van der Waals surface area contributed by atoms with Crippen molar-refractivity contribution in [3.8, 4) is 0 Å². The Balaban J connectivity index is 2.03. The second-order valence-corrected chi connectivity index (χ2v) is 8.66. The second kappa shape index (κ2) is 17.6. The van der Waals surface area contributed by atoms with Crippen LogP contribution in [0.3, 0.4) is 0 Å². The predicted octanol–water partition coefficient (Wildman–Crippen LogP) is 0.109. The van der Waals surface area contributed by atoms with Gasteiger partial charge in [0.2, 0.25) is 6.36 Å². The molecule has 2 aliphatic heterocycles. The molecule has 0 amide bonds. The lowest BCUT2D eigenvalue weighted by atomic mass is 9.98. The van der Waals surface area contributed by atoms with Crippen LogP contribution >= 0.6 is 0 Å². The van der Waals surface area contributed by atoms with Gasteiger partial charge in [-0.2, -0.15) is 0 Å². The zero-order chi connectivity index (χ0) is 28.1. The van der Waals surface area contributed by atoms with E-state index in [1.54, 1.807) is 7.11 Å². The normalized spacial score (nSPS) is 35.8. The lowest BCUT2D eigenvalue weighted by molar-refractivity contribution is -0.322. The average Bonchev–Trinajstić information content (AvgIpc) is 2.90. The molecule has 0 aromatic heterocycles. The topological polar surface area (TPSA) is 128 Å². The third-order valence-electron chi connectivity index (χ3n) is 6.29. The molecule has 224 valence electrons. The van der Waals surface area contributed by atoms with Crippen LogP contribution in [0.15, 0.2) is 0 Å². The van der Waals surface area contributed by atoms with Crippen LogP contribution in [-0.4, -0.2) is 150 Å². The minimum absolute atomic E-state index is 0.0139. The molecule has 38 heavy (non-hydrogen) atoms. The van der Waals surface area contributed by atoms with Crippen LogP contribution in [0.5, 0.6) is 0 Å². The van der Waals surface area contributed by atoms with Crippen molar-refractivity contribution in [2.24, 2.45) is 0 Å². The van der Waals surface area contributed by atoms with Gasteiger partial charge in [-0.05, 0) is 0 Å². The Kier molecular flexibility index (Phi) is 15.4. The molecule has 10 atom stereocenters. The van der Waals surface area contributed by atoms with Gasteiger partial charge in [0, 0.05) is 49.6 Å². The Labute approximate surface area is 223 Å². The summed E-state index contributed by atoms with van der Waals surface area (Å²) in [7, 11) is 9.02. The smallest absolute Gasteiger partial charge is 0.302 e. The van der Waals surface area contributed by atoms with E-state index >= 15 is 0 Å². The van der Waals surface area contributed by atoms with Gasteiger partial charge in [-0.3, -0.25) is 4.79 Å². The molecule has 0 radical (unpaired) electrons. The maximum Gasteiger partial charge on any atom is 0.302 e. The van der Waals surface area contributed by atoms with Gasteiger partial charge in [-0.1, -0.05) is 0 Å². The highest BCUT2D eigenvalue weighted by atomic mass is 19.1. The summed E-state index contributed by atoms with van der Waals surface area (Å²) in [6, 6.07) is 0. The van der Waals surface area contributed by atoms with Crippen molar-refractivity contribution in [2.75, 3.05) is 82.3 Å². The summed E-state index contributed by atoms with van der Waals surface area (Å²) in [6.07, 6.45) is -8.08. The lowest BCUT2D eigenvalue weighted by Gasteiger charge is -2.45. The molecule has 2 heterocycles. The van der Waals surface area contributed by atoms with Gasteiger partial charge in [-0.25, -0.2) is 4.39 Å². The van der Waals surface area contributed by atoms with E-state index in [9.17, 15) is 9.18 Å². The van der Waals surface area contributed by atoms with Crippen molar-refractivity contribution < 1.29 is 66.0 Å². The summed E-state index contributed by atoms with van der Waals surface area (Å²) in [4.78, 5) is 11.1. The zero-order valence-electron chi connectivity index (χ0n) is 23.2. The molecule has 2 saturated heterocycles. The van der Waals surface area contributed by atoms with Crippen molar-refractivity contribution in [2.45, 2.75) is 68.4 Å².